The van der Waals surface area contributed by atoms with Gasteiger partial charge in [-0.25, -0.2) is 0 Å². The number of aliphatic carboxylic acids is 1. The number of aryl methyl sites for hydroxylation is 1. The van der Waals surface area contributed by atoms with Crippen molar-refractivity contribution in [3.8, 4) is 11.1 Å². The van der Waals surface area contributed by atoms with Crippen molar-refractivity contribution in [2.75, 3.05) is 0 Å². The number of rotatable bonds is 13. The highest BCUT2D eigenvalue weighted by molar-refractivity contribution is 5.91. The third-order valence-electron chi connectivity index (χ3n) is 7.88. The van der Waals surface area contributed by atoms with E-state index in [0.29, 0.717) is 12.8 Å². The van der Waals surface area contributed by atoms with Crippen LogP contribution in [0.1, 0.15) is 76.6 Å². The van der Waals surface area contributed by atoms with Crippen LogP contribution >= 0.6 is 0 Å². The molecule has 228 valence electrons. The van der Waals surface area contributed by atoms with Crippen LogP contribution < -0.4 is 10.6 Å². The van der Waals surface area contributed by atoms with E-state index in [9.17, 15) is 19.5 Å². The molecule has 0 aliphatic carbocycles. The van der Waals surface area contributed by atoms with Gasteiger partial charge in [0.15, 0.2) is 0 Å². The molecule has 0 radical (unpaired) electrons. The Morgan fingerprint density at radius 3 is 2.05 bits per heavy atom. The standard InChI is InChI=1S/C37H46N2O4/c1-7-14-32(36(42)43)31(20-13-16-27-21-23-29(24-22-27)30-19-12-11-15-25(30)2)34(40)39-33(37(4,5)6)35(41)38-26(3)28-17-9-8-10-18-28/h8-13,15-19,21-24,26,31-33H,7,14,20H2,1-6H3,(H,38,41)(H,39,40)(H,42,43)/b16-13+/t26-,31-,32+,33?/m1/s1. The molecule has 0 saturated carbocycles. The van der Waals surface area contributed by atoms with E-state index in [2.05, 4.69) is 41.8 Å². The molecule has 6 heteroatoms. The highest BCUT2D eigenvalue weighted by Crippen LogP contribution is 2.27. The summed E-state index contributed by atoms with van der Waals surface area (Å²) >= 11 is 0. The Bertz CT molecular complexity index is 1390. The van der Waals surface area contributed by atoms with Crippen molar-refractivity contribution in [3.63, 3.8) is 0 Å². The van der Waals surface area contributed by atoms with Gasteiger partial charge >= 0.3 is 5.97 Å². The van der Waals surface area contributed by atoms with E-state index in [-0.39, 0.29) is 18.4 Å². The lowest BCUT2D eigenvalue weighted by atomic mass is 9.82. The van der Waals surface area contributed by atoms with E-state index in [4.69, 9.17) is 0 Å². The smallest absolute Gasteiger partial charge is 0.307 e. The molecule has 0 heterocycles. The average Bonchev–Trinajstić information content (AvgIpc) is 2.97. The lowest BCUT2D eigenvalue weighted by Gasteiger charge is -2.33. The molecule has 3 aromatic carbocycles. The normalized spacial score (nSPS) is 14.5. The number of benzene rings is 3. The van der Waals surface area contributed by atoms with Gasteiger partial charge in [-0.2, -0.15) is 0 Å². The Balaban J connectivity index is 1.79. The van der Waals surface area contributed by atoms with Crippen molar-refractivity contribution in [2.24, 2.45) is 17.3 Å². The molecule has 1 unspecified atom stereocenters. The predicted molar refractivity (Wildman–Crippen MR) is 174 cm³/mol. The van der Waals surface area contributed by atoms with Gasteiger partial charge in [0.05, 0.1) is 17.9 Å². The molecule has 4 atom stereocenters. The van der Waals surface area contributed by atoms with Gasteiger partial charge in [-0.15, -0.1) is 0 Å². The zero-order valence-corrected chi connectivity index (χ0v) is 26.3. The van der Waals surface area contributed by atoms with E-state index >= 15 is 0 Å². The molecule has 3 N–H and O–H groups in total. The third kappa shape index (κ3) is 9.40. The fourth-order valence-corrected chi connectivity index (χ4v) is 5.33. The molecule has 3 aromatic rings. The summed E-state index contributed by atoms with van der Waals surface area (Å²) in [6, 6.07) is 24.9. The van der Waals surface area contributed by atoms with Crippen LogP contribution in [-0.2, 0) is 14.4 Å². The Morgan fingerprint density at radius 2 is 1.47 bits per heavy atom. The Hall–Kier alpha value is -4.19. The Kier molecular flexibility index (Phi) is 11.9. The summed E-state index contributed by atoms with van der Waals surface area (Å²) in [5.74, 6) is -3.44. The molecule has 0 aliphatic heterocycles. The fraction of sp³-hybridized carbons (Fsp3) is 0.378. The quantitative estimate of drug-likeness (QED) is 0.193. The molecule has 0 aromatic heterocycles. The van der Waals surface area contributed by atoms with Gasteiger partial charge in [-0.05, 0) is 59.9 Å². The van der Waals surface area contributed by atoms with Crippen LogP contribution in [0, 0.1) is 24.2 Å². The zero-order chi connectivity index (χ0) is 31.6. The van der Waals surface area contributed by atoms with E-state index in [1.165, 1.54) is 11.1 Å². The Labute approximate surface area is 256 Å². The van der Waals surface area contributed by atoms with Crippen LogP contribution in [0.4, 0.5) is 0 Å². The zero-order valence-electron chi connectivity index (χ0n) is 26.3. The van der Waals surface area contributed by atoms with Gasteiger partial charge in [-0.1, -0.05) is 125 Å². The van der Waals surface area contributed by atoms with Crippen molar-refractivity contribution >= 4 is 23.9 Å². The second-order valence-electron chi connectivity index (χ2n) is 12.4. The number of allylic oxidation sites excluding steroid dienone is 1. The first-order valence-corrected chi connectivity index (χ1v) is 15.1. The molecule has 0 bridgehead atoms. The first-order valence-electron chi connectivity index (χ1n) is 15.1. The maximum atomic E-state index is 13.8. The van der Waals surface area contributed by atoms with Crippen LogP contribution in [0.2, 0.25) is 0 Å². The SMILES string of the molecule is CCC[C@H](C(=O)O)[C@@H](C/C=C/c1ccc(-c2ccccc2C)cc1)C(=O)NC(C(=O)N[C@H](C)c1ccccc1)C(C)(C)C. The van der Waals surface area contributed by atoms with Crippen LogP contribution in [0.3, 0.4) is 0 Å². The van der Waals surface area contributed by atoms with Crippen LogP contribution in [0.5, 0.6) is 0 Å². The molecule has 0 aliphatic rings. The van der Waals surface area contributed by atoms with Gasteiger partial charge in [0.25, 0.3) is 0 Å². The number of nitrogens with one attached hydrogen (secondary N) is 2. The fourth-order valence-electron chi connectivity index (χ4n) is 5.33. The summed E-state index contributed by atoms with van der Waals surface area (Å²) in [6.07, 6.45) is 5.01. The van der Waals surface area contributed by atoms with Crippen molar-refractivity contribution in [3.05, 3.63) is 102 Å². The monoisotopic (exact) mass is 582 g/mol. The topological polar surface area (TPSA) is 95.5 Å². The number of hydrogen-bond acceptors (Lipinski definition) is 3. The number of hydrogen-bond donors (Lipinski definition) is 3. The average molecular weight is 583 g/mol. The number of carbonyl (C=O) groups excluding carboxylic acids is 2. The lowest BCUT2D eigenvalue weighted by Crippen LogP contribution is -2.55. The van der Waals surface area contributed by atoms with Gasteiger partial charge in [0, 0.05) is 0 Å². The highest BCUT2D eigenvalue weighted by Gasteiger charge is 2.38. The molecule has 6 nitrogen and oxygen atoms in total. The second kappa shape index (κ2) is 15.3. The highest BCUT2D eigenvalue weighted by atomic mass is 16.4. The molecule has 0 spiro atoms. The summed E-state index contributed by atoms with van der Waals surface area (Å²) in [6.45, 7) is 11.6. The summed E-state index contributed by atoms with van der Waals surface area (Å²) in [4.78, 5) is 39.5. The number of carbonyl (C=O) groups is 3. The minimum atomic E-state index is -1.01. The van der Waals surface area contributed by atoms with Gasteiger partial charge in [0.1, 0.15) is 6.04 Å². The van der Waals surface area contributed by atoms with E-state index in [1.807, 2.05) is 101 Å². The second-order valence-corrected chi connectivity index (χ2v) is 12.4. The third-order valence-corrected chi connectivity index (χ3v) is 7.88. The Morgan fingerprint density at radius 1 is 0.837 bits per heavy atom. The minimum absolute atomic E-state index is 0.237. The van der Waals surface area contributed by atoms with Gasteiger partial charge in [-0.3, -0.25) is 14.4 Å². The van der Waals surface area contributed by atoms with Crippen molar-refractivity contribution in [2.45, 2.75) is 72.9 Å². The summed E-state index contributed by atoms with van der Waals surface area (Å²) < 4.78 is 0. The first kappa shape index (κ1) is 33.3. The maximum absolute atomic E-state index is 13.8. The summed E-state index contributed by atoms with van der Waals surface area (Å²) in [5.41, 5.74) is 4.81. The van der Waals surface area contributed by atoms with E-state index in [1.54, 1.807) is 0 Å². The van der Waals surface area contributed by atoms with E-state index in [0.717, 1.165) is 16.7 Å². The lowest BCUT2D eigenvalue weighted by molar-refractivity contribution is -0.148. The molecular formula is C37H46N2O4. The summed E-state index contributed by atoms with van der Waals surface area (Å²) in [5, 5.41) is 16.0. The van der Waals surface area contributed by atoms with Crippen LogP contribution in [0.15, 0.2) is 84.9 Å². The first-order chi connectivity index (χ1) is 20.4. The maximum Gasteiger partial charge on any atom is 0.307 e. The largest absolute Gasteiger partial charge is 0.481 e. The number of amides is 2. The molecule has 3 rings (SSSR count). The molecule has 43 heavy (non-hydrogen) atoms. The van der Waals surface area contributed by atoms with Crippen molar-refractivity contribution in [1.82, 2.24) is 10.6 Å². The summed E-state index contributed by atoms with van der Waals surface area (Å²) in [7, 11) is 0. The molecule has 2 amide bonds. The van der Waals surface area contributed by atoms with E-state index < -0.39 is 35.2 Å². The van der Waals surface area contributed by atoms with Crippen LogP contribution in [0.25, 0.3) is 17.2 Å². The molecular weight excluding hydrogens is 536 g/mol. The minimum Gasteiger partial charge on any atom is -0.481 e. The number of carboxylic acid groups (broad SMARTS) is 1. The predicted octanol–water partition coefficient (Wildman–Crippen LogP) is 7.59. The van der Waals surface area contributed by atoms with Crippen molar-refractivity contribution in [1.29, 1.82) is 0 Å². The van der Waals surface area contributed by atoms with Gasteiger partial charge < -0.3 is 15.7 Å². The van der Waals surface area contributed by atoms with Crippen molar-refractivity contribution < 1.29 is 19.5 Å². The number of carboxylic acids is 1. The molecule has 0 fully saturated rings. The van der Waals surface area contributed by atoms with Gasteiger partial charge in [0.2, 0.25) is 11.8 Å². The van der Waals surface area contributed by atoms with Crippen LogP contribution in [-0.4, -0.2) is 28.9 Å². The molecule has 0 saturated heterocycles.